The summed E-state index contributed by atoms with van der Waals surface area (Å²) in [5, 5.41) is 8.51. The third-order valence-electron chi connectivity index (χ3n) is 2.43. The molecule has 0 unspecified atom stereocenters. The summed E-state index contributed by atoms with van der Waals surface area (Å²) < 4.78 is 0. The molecule has 6 nitrogen and oxygen atoms in total. The van der Waals surface area contributed by atoms with Crippen molar-refractivity contribution in [1.29, 1.82) is 0 Å². The topological polar surface area (TPSA) is 87.9 Å². The molecule has 0 fully saturated rings. The van der Waals surface area contributed by atoms with E-state index in [-0.39, 0.29) is 11.6 Å². The van der Waals surface area contributed by atoms with Crippen LogP contribution in [-0.2, 0) is 6.54 Å². The van der Waals surface area contributed by atoms with Crippen molar-refractivity contribution in [3.05, 3.63) is 28.0 Å². The molecule has 2 aromatic heterocycles. The average molecular weight is 251 g/mol. The molecule has 0 aliphatic rings. The van der Waals surface area contributed by atoms with Gasteiger partial charge >= 0.3 is 0 Å². The first-order valence-electron chi connectivity index (χ1n) is 5.02. The Kier molecular flexibility index (Phi) is 3.10. The fraction of sp³-hybridized carbons (Fsp3) is 0.300. The zero-order chi connectivity index (χ0) is 12.4. The molecule has 0 aromatic carbocycles. The number of rotatable bonds is 3. The number of aromatic nitrogens is 3. The van der Waals surface area contributed by atoms with E-state index in [0.717, 1.165) is 5.69 Å². The number of nitrogens with zero attached hydrogens (tertiary/aromatic N) is 3. The molecular weight excluding hydrogens is 238 g/mol. The summed E-state index contributed by atoms with van der Waals surface area (Å²) in [6.45, 7) is 2.23. The van der Waals surface area contributed by atoms with Gasteiger partial charge in [0.2, 0.25) is 0 Å². The minimum atomic E-state index is -0.208. The van der Waals surface area contributed by atoms with Crippen molar-refractivity contribution in [2.24, 2.45) is 0 Å². The Balaban J connectivity index is 2.12. The molecule has 3 N–H and O–H groups in total. The van der Waals surface area contributed by atoms with Crippen LogP contribution in [0, 0.1) is 6.92 Å². The Morgan fingerprint density at radius 3 is 2.94 bits per heavy atom. The van der Waals surface area contributed by atoms with Crippen LogP contribution in [0.4, 0.5) is 5.69 Å². The van der Waals surface area contributed by atoms with Crippen LogP contribution in [0.1, 0.15) is 21.9 Å². The number of carbonyl (C=O) groups excluding carboxylic acids is 1. The molecule has 7 heteroatoms. The van der Waals surface area contributed by atoms with E-state index in [0.29, 0.717) is 17.9 Å². The maximum Gasteiger partial charge on any atom is 0.276 e. The van der Waals surface area contributed by atoms with E-state index in [1.165, 1.54) is 11.3 Å². The highest BCUT2D eigenvalue weighted by atomic mass is 32.1. The number of thiazole rings is 1. The summed E-state index contributed by atoms with van der Waals surface area (Å²) in [4.78, 5) is 17.7. The summed E-state index contributed by atoms with van der Waals surface area (Å²) in [5.41, 5.74) is 9.73. The van der Waals surface area contributed by atoms with Gasteiger partial charge in [-0.15, -0.1) is 11.3 Å². The lowest BCUT2D eigenvalue weighted by molar-refractivity contribution is 0.0779. The SMILES string of the molecule is Cc1[nH]nc(C(=O)N(C)Cc2cscn2)c1N. The molecule has 2 rings (SSSR count). The minimum Gasteiger partial charge on any atom is -0.395 e. The molecule has 17 heavy (non-hydrogen) atoms. The number of aromatic amines is 1. The smallest absolute Gasteiger partial charge is 0.276 e. The Morgan fingerprint density at radius 1 is 1.65 bits per heavy atom. The molecule has 0 saturated heterocycles. The second kappa shape index (κ2) is 4.54. The van der Waals surface area contributed by atoms with E-state index in [2.05, 4.69) is 15.2 Å². The van der Waals surface area contributed by atoms with Crippen LogP contribution in [0.3, 0.4) is 0 Å². The first-order valence-corrected chi connectivity index (χ1v) is 5.97. The van der Waals surface area contributed by atoms with Gasteiger partial charge in [-0.05, 0) is 6.92 Å². The van der Waals surface area contributed by atoms with Gasteiger partial charge in [0, 0.05) is 12.4 Å². The Hall–Kier alpha value is -1.89. The van der Waals surface area contributed by atoms with Crippen LogP contribution < -0.4 is 5.73 Å². The quantitative estimate of drug-likeness (QED) is 0.852. The molecule has 0 aliphatic carbocycles. The molecule has 0 aliphatic heterocycles. The summed E-state index contributed by atoms with van der Waals surface area (Å²) >= 11 is 1.50. The van der Waals surface area contributed by atoms with E-state index in [9.17, 15) is 4.79 Å². The number of nitrogens with two attached hydrogens (primary N) is 1. The summed E-state index contributed by atoms with van der Waals surface area (Å²) in [6.07, 6.45) is 0. The van der Waals surface area contributed by atoms with Gasteiger partial charge in [0.1, 0.15) is 0 Å². The number of hydrogen-bond donors (Lipinski definition) is 2. The molecule has 0 bridgehead atoms. The first-order chi connectivity index (χ1) is 8.09. The van der Waals surface area contributed by atoms with E-state index in [1.807, 2.05) is 5.38 Å². The third-order valence-corrected chi connectivity index (χ3v) is 3.06. The van der Waals surface area contributed by atoms with E-state index in [1.54, 1.807) is 24.4 Å². The Bertz CT molecular complexity index is 519. The number of nitrogens with one attached hydrogen (secondary N) is 1. The number of amides is 1. The van der Waals surface area contributed by atoms with E-state index >= 15 is 0 Å². The number of H-pyrrole nitrogens is 1. The van der Waals surface area contributed by atoms with Crippen molar-refractivity contribution in [3.8, 4) is 0 Å². The van der Waals surface area contributed by atoms with Gasteiger partial charge < -0.3 is 10.6 Å². The number of nitrogen functional groups attached to an aromatic ring is 1. The van der Waals surface area contributed by atoms with E-state index < -0.39 is 0 Å². The van der Waals surface area contributed by atoms with Crippen molar-refractivity contribution in [2.45, 2.75) is 13.5 Å². The highest BCUT2D eigenvalue weighted by Gasteiger charge is 2.19. The van der Waals surface area contributed by atoms with Crippen molar-refractivity contribution < 1.29 is 4.79 Å². The van der Waals surface area contributed by atoms with Gasteiger partial charge in [-0.1, -0.05) is 0 Å². The number of anilines is 1. The van der Waals surface area contributed by atoms with Crippen molar-refractivity contribution in [1.82, 2.24) is 20.1 Å². The van der Waals surface area contributed by atoms with E-state index in [4.69, 9.17) is 5.73 Å². The number of carbonyl (C=O) groups is 1. The van der Waals surface area contributed by atoms with Crippen LogP contribution in [0.2, 0.25) is 0 Å². The molecule has 1 amide bonds. The van der Waals surface area contributed by atoms with Crippen molar-refractivity contribution in [2.75, 3.05) is 12.8 Å². The van der Waals surface area contributed by atoms with Crippen LogP contribution >= 0.6 is 11.3 Å². The maximum atomic E-state index is 12.0. The lowest BCUT2D eigenvalue weighted by atomic mass is 10.3. The standard InChI is InChI=1S/C10H13N5OS/c1-6-8(11)9(14-13-6)10(16)15(2)3-7-4-17-5-12-7/h4-5H,3,11H2,1-2H3,(H,13,14). The summed E-state index contributed by atoms with van der Waals surface area (Å²) in [6, 6.07) is 0. The number of aryl methyl sites for hydroxylation is 1. The molecule has 0 spiro atoms. The van der Waals surface area contributed by atoms with Gasteiger partial charge in [0.25, 0.3) is 5.91 Å². The molecule has 0 saturated carbocycles. The minimum absolute atomic E-state index is 0.208. The zero-order valence-electron chi connectivity index (χ0n) is 9.60. The van der Waals surface area contributed by atoms with Gasteiger partial charge in [-0.25, -0.2) is 4.98 Å². The molecular formula is C10H13N5OS. The Morgan fingerprint density at radius 2 is 2.41 bits per heavy atom. The fourth-order valence-electron chi connectivity index (χ4n) is 1.41. The van der Waals surface area contributed by atoms with Crippen LogP contribution in [0.5, 0.6) is 0 Å². The largest absolute Gasteiger partial charge is 0.395 e. The number of hydrogen-bond acceptors (Lipinski definition) is 5. The lowest BCUT2D eigenvalue weighted by Crippen LogP contribution is -2.27. The third kappa shape index (κ3) is 2.28. The zero-order valence-corrected chi connectivity index (χ0v) is 10.4. The predicted octanol–water partition coefficient (Wildman–Crippen LogP) is 1.03. The normalized spacial score (nSPS) is 10.5. The molecule has 2 heterocycles. The van der Waals surface area contributed by atoms with Crippen LogP contribution in [0.25, 0.3) is 0 Å². The highest BCUT2D eigenvalue weighted by Crippen LogP contribution is 2.15. The Labute approximate surface area is 102 Å². The van der Waals surface area contributed by atoms with Gasteiger partial charge in [-0.3, -0.25) is 9.89 Å². The average Bonchev–Trinajstić information content (AvgIpc) is 2.90. The molecule has 0 radical (unpaired) electrons. The maximum absolute atomic E-state index is 12.0. The monoisotopic (exact) mass is 251 g/mol. The predicted molar refractivity (Wildman–Crippen MR) is 65.6 cm³/mol. The second-order valence-electron chi connectivity index (χ2n) is 3.75. The highest BCUT2D eigenvalue weighted by molar-refractivity contribution is 7.07. The first kappa shape index (κ1) is 11.6. The second-order valence-corrected chi connectivity index (χ2v) is 4.47. The molecule has 2 aromatic rings. The van der Waals surface area contributed by atoms with Crippen LogP contribution in [-0.4, -0.2) is 33.0 Å². The molecule has 90 valence electrons. The lowest BCUT2D eigenvalue weighted by Gasteiger charge is -2.14. The summed E-state index contributed by atoms with van der Waals surface area (Å²) in [5.74, 6) is -0.208. The van der Waals surface area contributed by atoms with Crippen molar-refractivity contribution >= 4 is 22.9 Å². The summed E-state index contributed by atoms with van der Waals surface area (Å²) in [7, 11) is 1.70. The van der Waals surface area contributed by atoms with Gasteiger partial charge in [0.15, 0.2) is 5.69 Å². The fourth-order valence-corrected chi connectivity index (χ4v) is 1.96. The van der Waals surface area contributed by atoms with Crippen molar-refractivity contribution in [3.63, 3.8) is 0 Å². The molecule has 0 atom stereocenters. The van der Waals surface area contributed by atoms with Gasteiger partial charge in [-0.2, -0.15) is 5.10 Å². The van der Waals surface area contributed by atoms with Gasteiger partial charge in [0.05, 0.1) is 29.1 Å². The van der Waals surface area contributed by atoms with Crippen LogP contribution in [0.15, 0.2) is 10.9 Å².